The summed E-state index contributed by atoms with van der Waals surface area (Å²) in [5, 5.41) is 3.20. The van der Waals surface area contributed by atoms with E-state index in [1.165, 1.54) is 17.3 Å². The van der Waals surface area contributed by atoms with Crippen LogP contribution in [0.15, 0.2) is 42.6 Å². The Hall–Kier alpha value is -2.08. The normalized spacial score (nSPS) is 11.1. The summed E-state index contributed by atoms with van der Waals surface area (Å²) in [5.41, 5.74) is 2.86. The van der Waals surface area contributed by atoms with E-state index < -0.39 is 10.0 Å². The van der Waals surface area contributed by atoms with Gasteiger partial charge in [-0.15, -0.1) is 0 Å². The molecule has 0 amide bonds. The lowest BCUT2D eigenvalue weighted by Gasteiger charge is -2.08. The zero-order chi connectivity index (χ0) is 15.3. The number of pyridine rings is 1. The summed E-state index contributed by atoms with van der Waals surface area (Å²) in [5.74, 6) is 0.747. The molecule has 0 aliphatic rings. The number of anilines is 2. The highest BCUT2D eigenvalue weighted by Crippen LogP contribution is 2.13. The SMILES string of the molecule is CCS(=O)(=O)Nc1ccc(NCc2cccc(C)c2)nc1. The number of benzene rings is 1. The molecule has 0 fully saturated rings. The Kier molecular flexibility index (Phi) is 4.80. The zero-order valence-corrected chi connectivity index (χ0v) is 12.9. The fourth-order valence-electron chi connectivity index (χ4n) is 1.83. The Morgan fingerprint density at radius 1 is 1.19 bits per heavy atom. The summed E-state index contributed by atoms with van der Waals surface area (Å²) in [6.07, 6.45) is 1.51. The summed E-state index contributed by atoms with van der Waals surface area (Å²) in [6, 6.07) is 11.7. The minimum Gasteiger partial charge on any atom is -0.366 e. The van der Waals surface area contributed by atoms with Crippen molar-refractivity contribution in [2.24, 2.45) is 0 Å². The van der Waals surface area contributed by atoms with Crippen LogP contribution in [0.4, 0.5) is 11.5 Å². The molecule has 5 nitrogen and oxygen atoms in total. The van der Waals surface area contributed by atoms with E-state index in [1.54, 1.807) is 19.1 Å². The number of aryl methyl sites for hydroxylation is 1. The largest absolute Gasteiger partial charge is 0.366 e. The molecule has 0 aliphatic heterocycles. The highest BCUT2D eigenvalue weighted by molar-refractivity contribution is 7.92. The molecule has 112 valence electrons. The van der Waals surface area contributed by atoms with Gasteiger partial charge in [-0.1, -0.05) is 29.8 Å². The van der Waals surface area contributed by atoms with Gasteiger partial charge >= 0.3 is 0 Å². The van der Waals surface area contributed by atoms with Crippen LogP contribution in [-0.4, -0.2) is 19.2 Å². The van der Waals surface area contributed by atoms with E-state index in [-0.39, 0.29) is 5.75 Å². The molecule has 0 saturated heterocycles. The molecule has 0 spiro atoms. The van der Waals surface area contributed by atoms with Crippen molar-refractivity contribution in [2.75, 3.05) is 15.8 Å². The van der Waals surface area contributed by atoms with Crippen LogP contribution in [-0.2, 0) is 16.6 Å². The number of aromatic nitrogens is 1. The highest BCUT2D eigenvalue weighted by atomic mass is 32.2. The monoisotopic (exact) mass is 305 g/mol. The second-order valence-electron chi connectivity index (χ2n) is 4.78. The molecule has 2 N–H and O–H groups in total. The van der Waals surface area contributed by atoms with E-state index in [9.17, 15) is 8.42 Å². The van der Waals surface area contributed by atoms with E-state index in [0.29, 0.717) is 18.1 Å². The second-order valence-corrected chi connectivity index (χ2v) is 6.79. The molecule has 2 rings (SSSR count). The van der Waals surface area contributed by atoms with Crippen LogP contribution < -0.4 is 10.0 Å². The summed E-state index contributed by atoms with van der Waals surface area (Å²) in [6.45, 7) is 4.32. The van der Waals surface area contributed by atoms with Crippen LogP contribution in [0.1, 0.15) is 18.1 Å². The molecular weight excluding hydrogens is 286 g/mol. The van der Waals surface area contributed by atoms with Crippen molar-refractivity contribution in [3.05, 3.63) is 53.7 Å². The molecule has 0 bridgehead atoms. The van der Waals surface area contributed by atoms with E-state index >= 15 is 0 Å². The van der Waals surface area contributed by atoms with E-state index in [2.05, 4.69) is 34.1 Å². The smallest absolute Gasteiger partial charge is 0.232 e. The van der Waals surface area contributed by atoms with Gasteiger partial charge in [0.25, 0.3) is 0 Å². The minimum atomic E-state index is -3.26. The summed E-state index contributed by atoms with van der Waals surface area (Å²) in [4.78, 5) is 4.20. The molecule has 1 aromatic carbocycles. The highest BCUT2D eigenvalue weighted by Gasteiger charge is 2.06. The van der Waals surface area contributed by atoms with Crippen LogP contribution in [0.5, 0.6) is 0 Å². The quantitative estimate of drug-likeness (QED) is 0.861. The van der Waals surface area contributed by atoms with E-state index in [0.717, 1.165) is 0 Å². The molecule has 0 unspecified atom stereocenters. The zero-order valence-electron chi connectivity index (χ0n) is 12.1. The van der Waals surface area contributed by atoms with Crippen LogP contribution in [0, 0.1) is 6.92 Å². The topological polar surface area (TPSA) is 71.1 Å². The van der Waals surface area contributed by atoms with Crippen LogP contribution in [0.3, 0.4) is 0 Å². The second kappa shape index (κ2) is 6.58. The summed E-state index contributed by atoms with van der Waals surface area (Å²) >= 11 is 0. The predicted molar refractivity (Wildman–Crippen MR) is 85.8 cm³/mol. The maximum atomic E-state index is 11.4. The van der Waals surface area contributed by atoms with Crippen molar-refractivity contribution < 1.29 is 8.42 Å². The Bertz CT molecular complexity index is 697. The molecular formula is C15H19N3O2S. The van der Waals surface area contributed by atoms with Gasteiger partial charge in [0, 0.05) is 6.54 Å². The van der Waals surface area contributed by atoms with Crippen molar-refractivity contribution in [3.63, 3.8) is 0 Å². The molecule has 0 saturated carbocycles. The number of nitrogens with zero attached hydrogens (tertiary/aromatic N) is 1. The lowest BCUT2D eigenvalue weighted by atomic mass is 10.1. The maximum Gasteiger partial charge on any atom is 0.232 e. The summed E-state index contributed by atoms with van der Waals surface area (Å²) < 4.78 is 25.3. The van der Waals surface area contributed by atoms with Gasteiger partial charge in [-0.05, 0) is 31.5 Å². The van der Waals surface area contributed by atoms with E-state index in [1.807, 2.05) is 12.1 Å². The number of sulfonamides is 1. The number of rotatable bonds is 6. The molecule has 6 heteroatoms. The number of hydrogen-bond donors (Lipinski definition) is 2. The maximum absolute atomic E-state index is 11.4. The first kappa shape index (κ1) is 15.3. The van der Waals surface area contributed by atoms with Crippen molar-refractivity contribution >= 4 is 21.5 Å². The number of hydrogen-bond acceptors (Lipinski definition) is 4. The van der Waals surface area contributed by atoms with Crippen LogP contribution in [0.25, 0.3) is 0 Å². The molecule has 2 aromatic rings. The Balaban J connectivity index is 1.96. The van der Waals surface area contributed by atoms with Gasteiger partial charge in [-0.2, -0.15) is 0 Å². The van der Waals surface area contributed by atoms with Gasteiger partial charge in [0.1, 0.15) is 5.82 Å². The van der Waals surface area contributed by atoms with Crippen molar-refractivity contribution in [1.82, 2.24) is 4.98 Å². The van der Waals surface area contributed by atoms with Gasteiger partial charge in [0.2, 0.25) is 10.0 Å². The fourth-order valence-corrected chi connectivity index (χ4v) is 2.45. The molecule has 21 heavy (non-hydrogen) atoms. The first-order valence-electron chi connectivity index (χ1n) is 6.74. The lowest BCUT2D eigenvalue weighted by molar-refractivity contribution is 0.602. The third-order valence-corrected chi connectivity index (χ3v) is 4.28. The van der Waals surface area contributed by atoms with Crippen LogP contribution >= 0.6 is 0 Å². The third kappa shape index (κ3) is 4.75. The Morgan fingerprint density at radius 3 is 2.62 bits per heavy atom. The molecule has 0 aliphatic carbocycles. The van der Waals surface area contributed by atoms with Gasteiger partial charge in [-0.25, -0.2) is 13.4 Å². The molecule has 0 atom stereocenters. The average molecular weight is 305 g/mol. The van der Waals surface area contributed by atoms with Gasteiger partial charge in [-0.3, -0.25) is 4.72 Å². The van der Waals surface area contributed by atoms with Crippen molar-refractivity contribution in [1.29, 1.82) is 0 Å². The van der Waals surface area contributed by atoms with Gasteiger partial charge < -0.3 is 5.32 Å². The van der Waals surface area contributed by atoms with Crippen LogP contribution in [0.2, 0.25) is 0 Å². The lowest BCUT2D eigenvalue weighted by Crippen LogP contribution is -2.14. The summed E-state index contributed by atoms with van der Waals surface area (Å²) in [7, 11) is -3.26. The van der Waals surface area contributed by atoms with Gasteiger partial charge in [0.15, 0.2) is 0 Å². The Labute approximate surface area is 125 Å². The predicted octanol–water partition coefficient (Wildman–Crippen LogP) is 2.76. The first-order chi connectivity index (χ1) is 9.98. The van der Waals surface area contributed by atoms with Crippen molar-refractivity contribution in [3.8, 4) is 0 Å². The first-order valence-corrected chi connectivity index (χ1v) is 8.40. The molecule has 1 aromatic heterocycles. The average Bonchev–Trinajstić information content (AvgIpc) is 2.46. The molecule has 1 heterocycles. The molecule has 0 radical (unpaired) electrons. The van der Waals surface area contributed by atoms with E-state index in [4.69, 9.17) is 0 Å². The standard InChI is InChI=1S/C15H19N3O2S/c1-3-21(19,20)18-14-7-8-15(17-11-14)16-10-13-6-4-5-12(2)9-13/h4-9,11,18H,3,10H2,1-2H3,(H,16,17). The minimum absolute atomic E-state index is 0.0420. The third-order valence-electron chi connectivity index (χ3n) is 2.97. The fraction of sp³-hybridized carbons (Fsp3) is 0.267. The number of nitrogens with one attached hydrogen (secondary N) is 2. The van der Waals surface area contributed by atoms with Crippen molar-refractivity contribution in [2.45, 2.75) is 20.4 Å². The van der Waals surface area contributed by atoms with Gasteiger partial charge in [0.05, 0.1) is 17.6 Å². The Morgan fingerprint density at radius 2 is 2.00 bits per heavy atom.